The van der Waals surface area contributed by atoms with Gasteiger partial charge in [0.2, 0.25) is 5.91 Å². The molecule has 170 valence electrons. The first-order valence-corrected chi connectivity index (χ1v) is 11.7. The second kappa shape index (κ2) is 10.1. The van der Waals surface area contributed by atoms with E-state index in [1.54, 1.807) is 23.8 Å². The van der Waals surface area contributed by atoms with Crippen LogP contribution in [-0.2, 0) is 11.3 Å². The van der Waals surface area contributed by atoms with Crippen molar-refractivity contribution in [3.8, 4) is 11.5 Å². The molecule has 2 heterocycles. The minimum absolute atomic E-state index is 0.0122. The van der Waals surface area contributed by atoms with E-state index in [9.17, 15) is 14.0 Å². The van der Waals surface area contributed by atoms with Crippen LogP contribution in [0.15, 0.2) is 63.9 Å². The fraction of sp³-hybridized carbons (Fsp3) is 0.174. The molecular formula is C23H20FN3O4S2. The third-order valence-corrected chi connectivity index (χ3v) is 6.69. The van der Waals surface area contributed by atoms with Crippen LogP contribution < -0.4 is 20.3 Å². The van der Waals surface area contributed by atoms with Gasteiger partial charge in [0.1, 0.15) is 10.4 Å². The number of nitrogens with zero attached hydrogens (tertiary/aromatic N) is 2. The number of carbonyl (C=O) groups is 1. The van der Waals surface area contributed by atoms with Crippen LogP contribution in [0.25, 0.3) is 10.2 Å². The van der Waals surface area contributed by atoms with Gasteiger partial charge < -0.3 is 14.8 Å². The molecule has 2 aromatic heterocycles. The van der Waals surface area contributed by atoms with Gasteiger partial charge in [-0.2, -0.15) is 0 Å². The quantitative estimate of drug-likeness (QED) is 0.294. The van der Waals surface area contributed by atoms with Crippen LogP contribution in [-0.4, -0.2) is 35.4 Å². The van der Waals surface area contributed by atoms with Gasteiger partial charge in [-0.15, -0.1) is 11.3 Å². The molecule has 0 spiro atoms. The van der Waals surface area contributed by atoms with E-state index in [1.807, 2.05) is 29.6 Å². The molecule has 0 saturated carbocycles. The maximum Gasteiger partial charge on any atom is 0.272 e. The van der Waals surface area contributed by atoms with Crippen molar-refractivity contribution in [2.75, 3.05) is 25.3 Å². The molecule has 1 amide bonds. The first-order valence-electron chi connectivity index (χ1n) is 9.86. The monoisotopic (exact) mass is 485 g/mol. The molecule has 0 radical (unpaired) electrons. The largest absolute Gasteiger partial charge is 0.496 e. The van der Waals surface area contributed by atoms with E-state index in [1.165, 1.54) is 30.6 Å². The molecule has 1 N–H and O–H groups in total. The van der Waals surface area contributed by atoms with Crippen LogP contribution in [0, 0.1) is 5.82 Å². The topological polar surface area (TPSA) is 82.5 Å². The zero-order valence-corrected chi connectivity index (χ0v) is 19.5. The van der Waals surface area contributed by atoms with Crippen molar-refractivity contribution in [2.24, 2.45) is 0 Å². The van der Waals surface area contributed by atoms with E-state index in [0.29, 0.717) is 26.8 Å². The number of halogens is 1. The van der Waals surface area contributed by atoms with Gasteiger partial charge in [0, 0.05) is 17.3 Å². The Morgan fingerprint density at radius 2 is 1.94 bits per heavy atom. The molecule has 7 nitrogen and oxygen atoms in total. The zero-order valence-electron chi connectivity index (χ0n) is 17.8. The summed E-state index contributed by atoms with van der Waals surface area (Å²) in [6.07, 6.45) is 0. The molecule has 4 rings (SSSR count). The predicted molar refractivity (Wildman–Crippen MR) is 128 cm³/mol. The molecular weight excluding hydrogens is 465 g/mol. The number of anilines is 1. The maximum absolute atomic E-state index is 13.9. The Morgan fingerprint density at radius 3 is 2.70 bits per heavy atom. The average Bonchev–Trinajstić information content (AvgIpc) is 3.29. The zero-order chi connectivity index (χ0) is 23.4. The van der Waals surface area contributed by atoms with E-state index in [2.05, 4.69) is 10.3 Å². The van der Waals surface area contributed by atoms with Crippen molar-refractivity contribution >= 4 is 44.9 Å². The van der Waals surface area contributed by atoms with Crippen molar-refractivity contribution in [1.29, 1.82) is 0 Å². The van der Waals surface area contributed by atoms with Crippen LogP contribution in [0.5, 0.6) is 11.5 Å². The Hall–Kier alpha value is -3.37. The fourth-order valence-electron chi connectivity index (χ4n) is 3.25. The second-order valence-electron chi connectivity index (χ2n) is 6.92. The van der Waals surface area contributed by atoms with E-state index in [0.717, 1.165) is 17.3 Å². The number of carbonyl (C=O) groups excluding carboxylic acids is 1. The van der Waals surface area contributed by atoms with Gasteiger partial charge in [-0.25, -0.2) is 9.37 Å². The van der Waals surface area contributed by atoms with Crippen LogP contribution >= 0.6 is 23.1 Å². The molecule has 0 aliphatic heterocycles. The molecule has 0 aliphatic carbocycles. The van der Waals surface area contributed by atoms with Crippen LogP contribution in [0.4, 0.5) is 10.1 Å². The number of nitrogens with one attached hydrogen (secondary N) is 1. The number of fused-ring (bicyclic) bond motifs is 1. The average molecular weight is 486 g/mol. The van der Waals surface area contributed by atoms with Gasteiger partial charge in [0.15, 0.2) is 16.7 Å². The van der Waals surface area contributed by atoms with Crippen LogP contribution in [0.2, 0.25) is 0 Å². The van der Waals surface area contributed by atoms with Crippen LogP contribution in [0.3, 0.4) is 0 Å². The minimum atomic E-state index is -0.571. The lowest BCUT2D eigenvalue weighted by atomic mass is 10.2. The molecule has 2 aromatic carbocycles. The normalized spacial score (nSPS) is 10.9. The van der Waals surface area contributed by atoms with Crippen molar-refractivity contribution < 1.29 is 18.7 Å². The van der Waals surface area contributed by atoms with E-state index < -0.39 is 5.82 Å². The van der Waals surface area contributed by atoms with Crippen molar-refractivity contribution in [3.05, 3.63) is 75.6 Å². The van der Waals surface area contributed by atoms with Gasteiger partial charge in [0.25, 0.3) is 5.56 Å². The summed E-state index contributed by atoms with van der Waals surface area (Å²) in [5, 5.41) is 4.87. The van der Waals surface area contributed by atoms with E-state index >= 15 is 0 Å². The number of aromatic nitrogens is 2. The number of thiophene rings is 1. The predicted octanol–water partition coefficient (Wildman–Crippen LogP) is 4.39. The molecule has 33 heavy (non-hydrogen) atoms. The summed E-state index contributed by atoms with van der Waals surface area (Å²) in [5.74, 6) is -0.185. The second-order valence-corrected chi connectivity index (χ2v) is 8.78. The summed E-state index contributed by atoms with van der Waals surface area (Å²) in [6, 6.07) is 13.4. The highest BCUT2D eigenvalue weighted by atomic mass is 32.2. The summed E-state index contributed by atoms with van der Waals surface area (Å²) in [7, 11) is 2.94. The van der Waals surface area contributed by atoms with Gasteiger partial charge >= 0.3 is 0 Å². The van der Waals surface area contributed by atoms with E-state index in [-0.39, 0.29) is 29.5 Å². The lowest BCUT2D eigenvalue weighted by molar-refractivity contribution is -0.113. The number of hydrogen-bond acceptors (Lipinski definition) is 7. The molecule has 0 fully saturated rings. The standard InChI is InChI=1S/C23H20FN3O4S2/c1-30-18-6-4-3-5-14(18)12-27-22(29)21-17(9-10-32-21)26-23(27)33-13-20(28)25-15-7-8-19(31-2)16(24)11-15/h3-11H,12-13H2,1-2H3,(H,25,28). The van der Waals surface area contributed by atoms with Gasteiger partial charge in [0.05, 0.1) is 32.0 Å². The molecule has 0 unspecified atom stereocenters. The number of benzene rings is 2. The van der Waals surface area contributed by atoms with Crippen LogP contribution in [0.1, 0.15) is 5.56 Å². The molecule has 10 heteroatoms. The summed E-state index contributed by atoms with van der Waals surface area (Å²) >= 11 is 2.46. The number of thioether (sulfide) groups is 1. The number of amides is 1. The van der Waals surface area contributed by atoms with E-state index in [4.69, 9.17) is 9.47 Å². The molecule has 0 saturated heterocycles. The van der Waals surface area contributed by atoms with Crippen molar-refractivity contribution in [1.82, 2.24) is 9.55 Å². The SMILES string of the molecule is COc1ccc(NC(=O)CSc2nc3ccsc3c(=O)n2Cc2ccccc2OC)cc1F. The molecule has 0 bridgehead atoms. The fourth-order valence-corrected chi connectivity index (χ4v) is 4.83. The third kappa shape index (κ3) is 5.01. The smallest absolute Gasteiger partial charge is 0.272 e. The Bertz CT molecular complexity index is 1370. The number of methoxy groups -OCH3 is 2. The lowest BCUT2D eigenvalue weighted by Crippen LogP contribution is -2.24. The highest BCUT2D eigenvalue weighted by Crippen LogP contribution is 2.25. The summed E-state index contributed by atoms with van der Waals surface area (Å²) in [4.78, 5) is 30.3. The minimum Gasteiger partial charge on any atom is -0.496 e. The van der Waals surface area contributed by atoms with Gasteiger partial charge in [-0.05, 0) is 29.6 Å². The maximum atomic E-state index is 13.9. The van der Waals surface area contributed by atoms with Gasteiger partial charge in [-0.1, -0.05) is 30.0 Å². The number of rotatable bonds is 8. The molecule has 0 atom stereocenters. The first-order chi connectivity index (χ1) is 16.0. The van der Waals surface area contributed by atoms with Gasteiger partial charge in [-0.3, -0.25) is 14.2 Å². The Morgan fingerprint density at radius 1 is 1.15 bits per heavy atom. The highest BCUT2D eigenvalue weighted by molar-refractivity contribution is 7.99. The summed E-state index contributed by atoms with van der Waals surface area (Å²) in [5.41, 5.74) is 1.54. The molecule has 0 aliphatic rings. The molecule has 4 aromatic rings. The Kier molecular flexibility index (Phi) is 6.95. The lowest BCUT2D eigenvalue weighted by Gasteiger charge is -2.14. The first kappa shape index (κ1) is 22.8. The number of hydrogen-bond donors (Lipinski definition) is 1. The third-order valence-electron chi connectivity index (χ3n) is 4.82. The van der Waals surface area contributed by atoms with Crippen molar-refractivity contribution in [2.45, 2.75) is 11.7 Å². The van der Waals surface area contributed by atoms with Crippen molar-refractivity contribution in [3.63, 3.8) is 0 Å². The Balaban J connectivity index is 1.58. The number of ether oxygens (including phenoxy) is 2. The summed E-state index contributed by atoms with van der Waals surface area (Å²) in [6.45, 7) is 0.247. The highest BCUT2D eigenvalue weighted by Gasteiger charge is 2.16. The number of para-hydroxylation sites is 1. The Labute approximate surface area is 197 Å². The summed E-state index contributed by atoms with van der Waals surface area (Å²) < 4.78 is 26.3.